The molecule has 150 valence electrons. The van der Waals surface area contributed by atoms with Gasteiger partial charge in [-0.05, 0) is 44.8 Å². The molecular formula is C20H36O5Si. The Kier molecular flexibility index (Phi) is 5.02. The van der Waals surface area contributed by atoms with Crippen LogP contribution in [0, 0.1) is 17.3 Å². The van der Waals surface area contributed by atoms with Gasteiger partial charge in [0.1, 0.15) is 12.4 Å². The maximum atomic E-state index is 12.0. The smallest absolute Gasteiger partial charge is 0.191 e. The Morgan fingerprint density at radius 3 is 2.38 bits per heavy atom. The summed E-state index contributed by atoms with van der Waals surface area (Å²) in [5, 5.41) is 0.141. The lowest BCUT2D eigenvalue weighted by Crippen LogP contribution is -2.51. The van der Waals surface area contributed by atoms with Crippen LogP contribution in [-0.2, 0) is 23.4 Å². The summed E-state index contributed by atoms with van der Waals surface area (Å²) < 4.78 is 24.9. The van der Waals surface area contributed by atoms with Gasteiger partial charge in [-0.1, -0.05) is 27.7 Å². The van der Waals surface area contributed by atoms with Gasteiger partial charge in [-0.3, -0.25) is 0 Å². The molecule has 3 rings (SSSR count). The van der Waals surface area contributed by atoms with Gasteiger partial charge in [-0.15, -0.1) is 0 Å². The van der Waals surface area contributed by atoms with Crippen molar-refractivity contribution in [3.8, 4) is 0 Å². The van der Waals surface area contributed by atoms with E-state index in [9.17, 15) is 4.79 Å². The number of ether oxygens (including phenoxy) is 3. The van der Waals surface area contributed by atoms with Crippen molar-refractivity contribution in [3.63, 3.8) is 0 Å². The maximum Gasteiger partial charge on any atom is 0.191 e. The van der Waals surface area contributed by atoms with Crippen molar-refractivity contribution < 1.29 is 23.4 Å². The summed E-state index contributed by atoms with van der Waals surface area (Å²) in [5.41, 5.74) is -0.419. The topological polar surface area (TPSA) is 54.0 Å². The van der Waals surface area contributed by atoms with E-state index in [1.807, 2.05) is 13.8 Å². The Balaban J connectivity index is 1.79. The van der Waals surface area contributed by atoms with Gasteiger partial charge < -0.3 is 23.4 Å². The third-order valence-corrected chi connectivity index (χ3v) is 11.7. The van der Waals surface area contributed by atoms with E-state index >= 15 is 0 Å². The summed E-state index contributed by atoms with van der Waals surface area (Å²) >= 11 is 0. The van der Waals surface area contributed by atoms with Crippen LogP contribution in [0.4, 0.5) is 0 Å². The van der Waals surface area contributed by atoms with Crippen molar-refractivity contribution in [2.45, 2.75) is 96.8 Å². The summed E-state index contributed by atoms with van der Waals surface area (Å²) in [6.07, 6.45) is 2.48. The number of carbonyl (C=O) groups is 1. The Bertz CT molecular complexity index is 555. The molecule has 2 aliphatic heterocycles. The lowest BCUT2D eigenvalue weighted by Gasteiger charge is -2.46. The van der Waals surface area contributed by atoms with Crippen molar-refractivity contribution in [2.24, 2.45) is 17.3 Å². The first kappa shape index (κ1) is 20.5. The van der Waals surface area contributed by atoms with Gasteiger partial charge in [0, 0.05) is 23.9 Å². The fraction of sp³-hybridized carbons (Fsp3) is 0.950. The number of rotatable bonds is 4. The average molecular weight is 385 g/mol. The lowest BCUT2D eigenvalue weighted by atomic mass is 9.63. The molecule has 0 spiro atoms. The number of carbonyl (C=O) groups excluding carboxylic acids is 1. The van der Waals surface area contributed by atoms with Gasteiger partial charge >= 0.3 is 0 Å². The van der Waals surface area contributed by atoms with E-state index < -0.39 is 19.5 Å². The van der Waals surface area contributed by atoms with Crippen molar-refractivity contribution in [2.75, 3.05) is 6.61 Å². The van der Waals surface area contributed by atoms with Crippen LogP contribution in [0.15, 0.2) is 0 Å². The quantitative estimate of drug-likeness (QED) is 0.539. The Morgan fingerprint density at radius 1 is 1.15 bits per heavy atom. The highest BCUT2D eigenvalue weighted by Gasteiger charge is 2.61. The van der Waals surface area contributed by atoms with Crippen LogP contribution in [0.2, 0.25) is 18.1 Å². The Labute approximate surface area is 159 Å². The van der Waals surface area contributed by atoms with Crippen LogP contribution in [0.25, 0.3) is 0 Å². The molecule has 6 atom stereocenters. The van der Waals surface area contributed by atoms with E-state index in [4.69, 9.17) is 18.6 Å². The van der Waals surface area contributed by atoms with Crippen LogP contribution in [-0.4, -0.2) is 45.5 Å². The number of fused-ring (bicyclic) bond motifs is 3. The second kappa shape index (κ2) is 6.38. The predicted molar refractivity (Wildman–Crippen MR) is 102 cm³/mol. The zero-order valence-electron chi connectivity index (χ0n) is 17.6. The van der Waals surface area contributed by atoms with Gasteiger partial charge in [-0.2, -0.15) is 0 Å². The Morgan fingerprint density at radius 2 is 1.81 bits per heavy atom. The fourth-order valence-electron chi connectivity index (χ4n) is 4.30. The van der Waals surface area contributed by atoms with Crippen LogP contribution >= 0.6 is 0 Å². The third kappa shape index (κ3) is 3.44. The van der Waals surface area contributed by atoms with E-state index in [-0.39, 0.29) is 35.4 Å². The molecule has 26 heavy (non-hydrogen) atoms. The Hall–Kier alpha value is -0.273. The molecule has 0 unspecified atom stereocenters. The maximum absolute atomic E-state index is 12.0. The van der Waals surface area contributed by atoms with Crippen LogP contribution in [0.5, 0.6) is 0 Å². The minimum atomic E-state index is -1.89. The number of hydrogen-bond donors (Lipinski definition) is 0. The van der Waals surface area contributed by atoms with E-state index in [1.54, 1.807) is 0 Å². The van der Waals surface area contributed by atoms with E-state index in [2.05, 4.69) is 40.8 Å². The molecule has 0 N–H and O–H groups in total. The fourth-order valence-corrected chi connectivity index (χ4v) is 5.33. The molecule has 2 heterocycles. The highest BCUT2D eigenvalue weighted by molar-refractivity contribution is 6.74. The molecule has 3 fully saturated rings. The summed E-state index contributed by atoms with van der Waals surface area (Å²) in [6, 6.07) is 0. The lowest BCUT2D eigenvalue weighted by molar-refractivity contribution is -0.226. The van der Waals surface area contributed by atoms with Crippen LogP contribution < -0.4 is 0 Å². The number of aldehydes is 1. The molecule has 5 nitrogen and oxygen atoms in total. The van der Waals surface area contributed by atoms with E-state index in [1.165, 1.54) is 0 Å². The molecule has 0 bridgehead atoms. The normalized spacial score (nSPS) is 42.4. The first-order valence-corrected chi connectivity index (χ1v) is 12.8. The molecule has 6 heteroatoms. The molecule has 1 saturated carbocycles. The molecular weight excluding hydrogens is 348 g/mol. The molecule has 0 aromatic rings. The molecule has 3 aliphatic rings. The minimum absolute atomic E-state index is 0.0359. The molecule has 0 aromatic carbocycles. The molecule has 1 aliphatic carbocycles. The van der Waals surface area contributed by atoms with Gasteiger partial charge in [0.15, 0.2) is 20.4 Å². The first-order chi connectivity index (χ1) is 11.8. The number of hydrogen-bond acceptors (Lipinski definition) is 5. The predicted octanol–water partition coefficient (Wildman–Crippen LogP) is 4.12. The van der Waals surface area contributed by atoms with Crippen molar-refractivity contribution in [1.29, 1.82) is 0 Å². The van der Waals surface area contributed by atoms with Crippen LogP contribution in [0.3, 0.4) is 0 Å². The van der Waals surface area contributed by atoms with Gasteiger partial charge in [0.05, 0.1) is 6.10 Å². The van der Waals surface area contributed by atoms with E-state index in [0.717, 1.165) is 19.1 Å². The van der Waals surface area contributed by atoms with Gasteiger partial charge in [0.25, 0.3) is 0 Å². The standard InChI is InChI=1S/C20H36O5Si/c1-18(2,3)26(7,8)22-11-14-15-13(9-10-20(14,6)12-21)16-17(23-15)25-19(4,5)24-16/h12-17H,9-11H2,1-8H3/t13-,14+,15+,16-,17-,20+/m1/s1. The van der Waals surface area contributed by atoms with Gasteiger partial charge in [-0.25, -0.2) is 0 Å². The molecule has 0 aromatic heterocycles. The SMILES string of the molecule is CC1(C)O[C@H]2O[C@H]3[C@@H](CC[C@@](C)(C=O)[C@H]3CO[Si](C)(C)C(C)(C)C)[C@H]2O1. The second-order valence-electron chi connectivity index (χ2n) is 10.6. The minimum Gasteiger partial charge on any atom is -0.416 e. The third-order valence-electron chi connectivity index (χ3n) is 7.18. The monoisotopic (exact) mass is 384 g/mol. The largest absolute Gasteiger partial charge is 0.416 e. The molecule has 2 saturated heterocycles. The van der Waals surface area contributed by atoms with E-state index in [0.29, 0.717) is 6.61 Å². The highest BCUT2D eigenvalue weighted by atomic mass is 28.4. The van der Waals surface area contributed by atoms with Crippen molar-refractivity contribution in [3.05, 3.63) is 0 Å². The summed E-state index contributed by atoms with van der Waals surface area (Å²) in [4.78, 5) is 12.0. The zero-order chi connectivity index (χ0) is 19.5. The summed E-state index contributed by atoms with van der Waals surface area (Å²) in [6.45, 7) is 17.7. The molecule has 0 radical (unpaired) electrons. The molecule has 0 amide bonds. The average Bonchev–Trinajstić information content (AvgIpc) is 2.96. The summed E-state index contributed by atoms with van der Waals surface area (Å²) in [7, 11) is -1.89. The van der Waals surface area contributed by atoms with Crippen molar-refractivity contribution in [1.82, 2.24) is 0 Å². The summed E-state index contributed by atoms with van der Waals surface area (Å²) in [5.74, 6) is -0.296. The van der Waals surface area contributed by atoms with Crippen LogP contribution in [0.1, 0.15) is 54.4 Å². The zero-order valence-corrected chi connectivity index (χ0v) is 18.6. The van der Waals surface area contributed by atoms with Crippen molar-refractivity contribution >= 4 is 14.6 Å². The highest BCUT2D eigenvalue weighted by Crippen LogP contribution is 2.53. The van der Waals surface area contributed by atoms with Gasteiger partial charge in [0.2, 0.25) is 0 Å². The first-order valence-electron chi connectivity index (χ1n) is 9.91. The second-order valence-corrected chi connectivity index (χ2v) is 15.4.